The number of nitrogens with zero attached hydrogens (tertiary/aromatic N) is 1. The molecule has 0 saturated carbocycles. The first-order valence-electron chi connectivity index (χ1n) is 10.6. The van der Waals surface area contributed by atoms with Crippen molar-refractivity contribution >= 4 is 47.2 Å². The molecule has 0 aliphatic heterocycles. The summed E-state index contributed by atoms with van der Waals surface area (Å²) in [7, 11) is 0. The molecule has 0 atom stereocenters. The molecule has 0 unspecified atom stereocenters. The molecule has 3 rings (SSSR count). The van der Waals surface area contributed by atoms with E-state index in [0.29, 0.717) is 17.2 Å². The molecule has 3 aromatic carbocycles. The number of carbonyl (C=O) groups excluding carboxylic acids is 3. The van der Waals surface area contributed by atoms with Crippen molar-refractivity contribution in [3.63, 3.8) is 0 Å². The standard InChI is InChI=1S/C25H20Cl2FN3O5/c1-2-35-22-11-15(3-10-21(22)36-25(34)19-9-6-17(26)12-20(19)27)13-30-31-23(32)14-29-24(33)16-4-7-18(28)8-5-16/h3-13H,2,14H2,1H3,(H,29,33)(H,31,32)/b30-13-. The molecule has 0 aliphatic rings. The SMILES string of the molecule is CCOc1cc(/C=N\NC(=O)CNC(=O)c2ccc(F)cc2)ccc1OC(=O)c1ccc(Cl)cc1Cl. The molecule has 36 heavy (non-hydrogen) atoms. The van der Waals surface area contributed by atoms with E-state index in [4.69, 9.17) is 32.7 Å². The Bertz CT molecular complexity index is 1300. The van der Waals surface area contributed by atoms with Crippen molar-refractivity contribution in [1.29, 1.82) is 0 Å². The van der Waals surface area contributed by atoms with Gasteiger partial charge in [-0.1, -0.05) is 23.2 Å². The Morgan fingerprint density at radius 1 is 1.00 bits per heavy atom. The van der Waals surface area contributed by atoms with Crippen LogP contribution in [0.15, 0.2) is 65.8 Å². The fourth-order valence-corrected chi connectivity index (χ4v) is 3.34. The van der Waals surface area contributed by atoms with E-state index in [1.54, 1.807) is 19.1 Å². The molecule has 186 valence electrons. The van der Waals surface area contributed by atoms with Crippen LogP contribution in [-0.4, -0.2) is 37.1 Å². The Morgan fingerprint density at radius 3 is 2.44 bits per heavy atom. The minimum atomic E-state index is -0.686. The van der Waals surface area contributed by atoms with E-state index >= 15 is 0 Å². The lowest BCUT2D eigenvalue weighted by atomic mass is 10.2. The predicted molar refractivity (Wildman–Crippen MR) is 134 cm³/mol. The van der Waals surface area contributed by atoms with Gasteiger partial charge in [0.25, 0.3) is 11.8 Å². The largest absolute Gasteiger partial charge is 0.490 e. The van der Waals surface area contributed by atoms with Gasteiger partial charge in [-0.25, -0.2) is 14.6 Å². The maximum atomic E-state index is 12.9. The highest BCUT2D eigenvalue weighted by atomic mass is 35.5. The third kappa shape index (κ3) is 7.53. The second-order valence-electron chi connectivity index (χ2n) is 7.14. The Balaban J connectivity index is 1.59. The zero-order valence-electron chi connectivity index (χ0n) is 18.9. The number of carbonyl (C=O) groups is 3. The van der Waals surface area contributed by atoms with Gasteiger partial charge in [-0.2, -0.15) is 5.10 Å². The second kappa shape index (κ2) is 12.7. The van der Waals surface area contributed by atoms with Gasteiger partial charge in [-0.3, -0.25) is 9.59 Å². The highest BCUT2D eigenvalue weighted by molar-refractivity contribution is 6.36. The van der Waals surface area contributed by atoms with Crippen LogP contribution in [0, 0.1) is 5.82 Å². The minimum Gasteiger partial charge on any atom is -0.490 e. The van der Waals surface area contributed by atoms with Crippen LogP contribution in [0.5, 0.6) is 11.5 Å². The fraction of sp³-hybridized carbons (Fsp3) is 0.120. The predicted octanol–water partition coefficient (Wildman–Crippen LogP) is 4.63. The second-order valence-corrected chi connectivity index (χ2v) is 7.98. The van der Waals surface area contributed by atoms with Crippen LogP contribution < -0.4 is 20.2 Å². The minimum absolute atomic E-state index is 0.142. The van der Waals surface area contributed by atoms with Crippen molar-refractivity contribution in [2.24, 2.45) is 5.10 Å². The first-order valence-corrected chi connectivity index (χ1v) is 11.3. The Labute approximate surface area is 216 Å². The maximum Gasteiger partial charge on any atom is 0.345 e. The molecule has 0 fully saturated rings. The van der Waals surface area contributed by atoms with E-state index in [-0.39, 0.29) is 34.2 Å². The zero-order chi connectivity index (χ0) is 26.1. The Kier molecular flexibility index (Phi) is 9.38. The smallest absolute Gasteiger partial charge is 0.345 e. The van der Waals surface area contributed by atoms with Crippen molar-refractivity contribution in [1.82, 2.24) is 10.7 Å². The number of hydrazone groups is 1. The summed E-state index contributed by atoms with van der Waals surface area (Å²) in [5, 5.41) is 6.79. The number of ether oxygens (including phenoxy) is 2. The van der Waals surface area contributed by atoms with Crippen LogP contribution in [-0.2, 0) is 4.79 Å². The first kappa shape index (κ1) is 26.7. The summed E-state index contributed by atoms with van der Waals surface area (Å²) in [4.78, 5) is 36.4. The molecule has 0 heterocycles. The molecule has 3 aromatic rings. The van der Waals surface area contributed by atoms with Gasteiger partial charge in [0.15, 0.2) is 11.5 Å². The third-order valence-corrected chi connectivity index (χ3v) is 5.09. The van der Waals surface area contributed by atoms with Gasteiger partial charge in [0, 0.05) is 10.6 Å². The molecule has 2 amide bonds. The number of amides is 2. The Hall–Kier alpha value is -3.95. The number of benzene rings is 3. The summed E-state index contributed by atoms with van der Waals surface area (Å²) in [6.45, 7) is 1.74. The van der Waals surface area contributed by atoms with E-state index in [1.165, 1.54) is 42.6 Å². The van der Waals surface area contributed by atoms with Crippen LogP contribution >= 0.6 is 23.2 Å². The van der Waals surface area contributed by atoms with E-state index in [9.17, 15) is 18.8 Å². The van der Waals surface area contributed by atoms with Crippen LogP contribution in [0.25, 0.3) is 0 Å². The average molecular weight is 532 g/mol. The van der Waals surface area contributed by atoms with Gasteiger partial charge in [0.2, 0.25) is 0 Å². The Morgan fingerprint density at radius 2 is 1.75 bits per heavy atom. The van der Waals surface area contributed by atoms with Crippen LogP contribution in [0.3, 0.4) is 0 Å². The zero-order valence-corrected chi connectivity index (χ0v) is 20.4. The summed E-state index contributed by atoms with van der Waals surface area (Å²) in [5.74, 6) is -1.81. The van der Waals surface area contributed by atoms with Gasteiger partial charge in [0.1, 0.15) is 5.82 Å². The summed E-state index contributed by atoms with van der Waals surface area (Å²) in [6.07, 6.45) is 1.35. The monoisotopic (exact) mass is 531 g/mol. The van der Waals surface area contributed by atoms with Crippen molar-refractivity contribution < 1.29 is 28.2 Å². The normalized spacial score (nSPS) is 10.7. The highest BCUT2D eigenvalue weighted by Gasteiger charge is 2.16. The number of hydrogen-bond acceptors (Lipinski definition) is 6. The molecule has 0 bridgehead atoms. The van der Waals surface area contributed by atoms with Crippen LogP contribution in [0.1, 0.15) is 33.2 Å². The van der Waals surface area contributed by atoms with Gasteiger partial charge in [-0.15, -0.1) is 0 Å². The van der Waals surface area contributed by atoms with Crippen molar-refractivity contribution in [3.05, 3.63) is 93.2 Å². The molecule has 11 heteroatoms. The fourth-order valence-electron chi connectivity index (χ4n) is 2.85. The van der Waals surface area contributed by atoms with Gasteiger partial charge in [-0.05, 0) is 73.2 Å². The molecular weight excluding hydrogens is 512 g/mol. The number of esters is 1. The first-order chi connectivity index (χ1) is 17.3. The maximum absolute atomic E-state index is 12.9. The molecule has 0 spiro atoms. The molecule has 0 aromatic heterocycles. The lowest BCUT2D eigenvalue weighted by Gasteiger charge is -2.12. The molecular formula is C25H20Cl2FN3O5. The molecule has 8 nitrogen and oxygen atoms in total. The molecule has 0 saturated heterocycles. The lowest BCUT2D eigenvalue weighted by Crippen LogP contribution is -2.34. The third-order valence-electron chi connectivity index (χ3n) is 4.54. The van der Waals surface area contributed by atoms with Gasteiger partial charge < -0.3 is 14.8 Å². The van der Waals surface area contributed by atoms with Crippen molar-refractivity contribution in [2.75, 3.05) is 13.2 Å². The van der Waals surface area contributed by atoms with Crippen LogP contribution in [0.2, 0.25) is 10.0 Å². The van der Waals surface area contributed by atoms with Gasteiger partial charge >= 0.3 is 5.97 Å². The summed E-state index contributed by atoms with van der Waals surface area (Å²) < 4.78 is 23.9. The molecule has 2 N–H and O–H groups in total. The average Bonchev–Trinajstić information content (AvgIpc) is 2.84. The lowest BCUT2D eigenvalue weighted by molar-refractivity contribution is -0.120. The number of halogens is 3. The molecule has 0 radical (unpaired) electrons. The quantitative estimate of drug-likeness (QED) is 0.181. The van der Waals surface area contributed by atoms with Crippen molar-refractivity contribution in [3.8, 4) is 11.5 Å². The summed E-state index contributed by atoms with van der Waals surface area (Å²) in [5.41, 5.74) is 3.18. The van der Waals surface area contributed by atoms with E-state index in [2.05, 4.69) is 15.8 Å². The van der Waals surface area contributed by atoms with E-state index in [1.807, 2.05) is 0 Å². The highest BCUT2D eigenvalue weighted by Crippen LogP contribution is 2.30. The van der Waals surface area contributed by atoms with Crippen LogP contribution in [0.4, 0.5) is 4.39 Å². The van der Waals surface area contributed by atoms with Gasteiger partial charge in [0.05, 0.1) is 30.0 Å². The van der Waals surface area contributed by atoms with Crippen molar-refractivity contribution in [2.45, 2.75) is 6.92 Å². The van der Waals surface area contributed by atoms with E-state index in [0.717, 1.165) is 12.1 Å². The van der Waals surface area contributed by atoms with E-state index < -0.39 is 23.6 Å². The summed E-state index contributed by atoms with van der Waals surface area (Å²) in [6, 6.07) is 14.0. The molecule has 0 aliphatic carbocycles. The number of nitrogens with one attached hydrogen (secondary N) is 2. The number of hydrogen-bond donors (Lipinski definition) is 2. The summed E-state index contributed by atoms with van der Waals surface area (Å²) >= 11 is 11.9. The topological polar surface area (TPSA) is 106 Å². The number of rotatable bonds is 9.